The molecule has 0 spiro atoms. The van der Waals surface area contributed by atoms with E-state index in [1.807, 2.05) is 4.98 Å². The lowest BCUT2D eigenvalue weighted by atomic mass is 10.1. The largest absolute Gasteiger partial charge is 0.423 e. The summed E-state index contributed by atoms with van der Waals surface area (Å²) in [5, 5.41) is 10.7. The Bertz CT molecular complexity index is 836. The van der Waals surface area contributed by atoms with Crippen LogP contribution in [0.2, 0.25) is 0 Å². The topological polar surface area (TPSA) is 124 Å². The number of alkyl halides is 3. The molecule has 3 N–H and O–H groups in total. The molecule has 0 atom stereocenters. The Labute approximate surface area is 106 Å². The molecule has 2 rings (SSSR count). The molecule has 1 heterocycles. The third-order valence-corrected chi connectivity index (χ3v) is 2.54. The number of nitro benzene ring substituents is 1. The van der Waals surface area contributed by atoms with Gasteiger partial charge in [0.15, 0.2) is 0 Å². The lowest BCUT2D eigenvalue weighted by Gasteiger charge is -2.10. The standard InChI is InChI=1S/C9H5F3N4O4/c10-9(11,12)3-1-4-6(2-5(3)16(19)20)15(13)8(18)7(17)14-4/h1-2H,13H2,(H,14,17). The summed E-state index contributed by atoms with van der Waals surface area (Å²) in [4.78, 5) is 33.7. The van der Waals surface area contributed by atoms with Crippen LogP contribution in [0.3, 0.4) is 0 Å². The zero-order valence-electron chi connectivity index (χ0n) is 9.39. The number of nitrogen functional groups attached to an aromatic ring is 1. The Morgan fingerprint density at radius 2 is 1.90 bits per heavy atom. The number of rotatable bonds is 1. The summed E-state index contributed by atoms with van der Waals surface area (Å²) in [5.41, 5.74) is -6.13. The van der Waals surface area contributed by atoms with Gasteiger partial charge in [-0.1, -0.05) is 0 Å². The number of nitro groups is 1. The van der Waals surface area contributed by atoms with E-state index in [-0.39, 0.29) is 4.68 Å². The molecule has 11 heteroatoms. The molecule has 8 nitrogen and oxygen atoms in total. The molecule has 0 fully saturated rings. The minimum absolute atomic E-state index is 0.251. The number of fused-ring (bicyclic) bond motifs is 1. The summed E-state index contributed by atoms with van der Waals surface area (Å²) in [6.45, 7) is 0. The van der Waals surface area contributed by atoms with Crippen molar-refractivity contribution in [2.24, 2.45) is 0 Å². The highest BCUT2D eigenvalue weighted by Crippen LogP contribution is 2.37. The van der Waals surface area contributed by atoms with Gasteiger partial charge < -0.3 is 10.8 Å². The van der Waals surface area contributed by atoms with Gasteiger partial charge in [-0.3, -0.25) is 19.7 Å². The first-order valence-electron chi connectivity index (χ1n) is 4.92. The molecule has 0 unspecified atom stereocenters. The van der Waals surface area contributed by atoms with E-state index in [4.69, 9.17) is 5.84 Å². The molecule has 20 heavy (non-hydrogen) atoms. The molecule has 1 aromatic carbocycles. The summed E-state index contributed by atoms with van der Waals surface area (Å²) in [6, 6.07) is 0.840. The summed E-state index contributed by atoms with van der Waals surface area (Å²) in [6.07, 6.45) is -5.00. The zero-order valence-corrected chi connectivity index (χ0v) is 9.39. The van der Waals surface area contributed by atoms with Crippen LogP contribution >= 0.6 is 0 Å². The van der Waals surface area contributed by atoms with E-state index in [2.05, 4.69) is 0 Å². The van der Waals surface area contributed by atoms with Crippen LogP contribution in [0.1, 0.15) is 5.56 Å². The van der Waals surface area contributed by atoms with Gasteiger partial charge in [0.05, 0.1) is 16.0 Å². The molecule has 106 valence electrons. The van der Waals surface area contributed by atoms with Gasteiger partial charge in [-0.25, -0.2) is 4.68 Å². The summed E-state index contributed by atoms with van der Waals surface area (Å²) >= 11 is 0. The molecule has 0 amide bonds. The summed E-state index contributed by atoms with van der Waals surface area (Å²) in [5.74, 6) is 5.23. The SMILES string of the molecule is Nn1c(=O)c(=O)[nH]c2cc(C(F)(F)F)c([N+](=O)[O-])cc21. The van der Waals surface area contributed by atoms with Gasteiger partial charge in [0, 0.05) is 6.07 Å². The quantitative estimate of drug-likeness (QED) is 0.339. The van der Waals surface area contributed by atoms with Crippen LogP contribution < -0.4 is 17.0 Å². The minimum Gasteiger partial charge on any atom is -0.336 e. The number of hydrogen-bond acceptors (Lipinski definition) is 5. The number of aromatic amines is 1. The first kappa shape index (κ1) is 13.6. The van der Waals surface area contributed by atoms with E-state index in [1.165, 1.54) is 0 Å². The van der Waals surface area contributed by atoms with Crippen molar-refractivity contribution in [2.75, 3.05) is 5.84 Å². The van der Waals surface area contributed by atoms with Gasteiger partial charge in [0.1, 0.15) is 5.56 Å². The van der Waals surface area contributed by atoms with Gasteiger partial charge in [0.25, 0.3) is 5.69 Å². The lowest BCUT2D eigenvalue weighted by molar-refractivity contribution is -0.387. The highest BCUT2D eigenvalue weighted by Gasteiger charge is 2.39. The molecule has 0 saturated carbocycles. The van der Waals surface area contributed by atoms with Gasteiger partial charge in [0.2, 0.25) is 0 Å². The van der Waals surface area contributed by atoms with Crippen molar-refractivity contribution in [3.8, 4) is 0 Å². The number of nitrogens with one attached hydrogen (secondary N) is 1. The number of H-pyrrole nitrogens is 1. The second-order valence-corrected chi connectivity index (χ2v) is 3.77. The van der Waals surface area contributed by atoms with E-state index < -0.39 is 44.5 Å². The number of halogens is 3. The van der Waals surface area contributed by atoms with Crippen molar-refractivity contribution in [1.82, 2.24) is 9.66 Å². The second kappa shape index (κ2) is 4.08. The molecule has 1 aromatic heterocycles. The van der Waals surface area contributed by atoms with Crippen molar-refractivity contribution in [3.63, 3.8) is 0 Å². The fourth-order valence-corrected chi connectivity index (χ4v) is 1.65. The highest BCUT2D eigenvalue weighted by molar-refractivity contribution is 5.79. The van der Waals surface area contributed by atoms with Gasteiger partial charge in [-0.15, -0.1) is 0 Å². The number of nitrogens with two attached hydrogens (primary N) is 1. The zero-order chi connectivity index (χ0) is 15.2. The molecule has 0 aliphatic rings. The molecule has 0 bridgehead atoms. The summed E-state index contributed by atoms with van der Waals surface area (Å²) in [7, 11) is 0. The number of nitrogens with zero attached hydrogens (tertiary/aromatic N) is 2. The maximum absolute atomic E-state index is 12.7. The Hall–Kier alpha value is -2.85. The average Bonchev–Trinajstić information content (AvgIpc) is 2.33. The highest BCUT2D eigenvalue weighted by atomic mass is 19.4. The van der Waals surface area contributed by atoms with Crippen molar-refractivity contribution < 1.29 is 18.1 Å². The fraction of sp³-hybridized carbons (Fsp3) is 0.111. The third-order valence-electron chi connectivity index (χ3n) is 2.54. The average molecular weight is 290 g/mol. The van der Waals surface area contributed by atoms with Crippen LogP contribution in [-0.2, 0) is 6.18 Å². The molecule has 0 radical (unpaired) electrons. The predicted molar refractivity (Wildman–Crippen MR) is 60.6 cm³/mol. The predicted octanol–water partition coefficient (Wildman–Crippen LogP) is 0.331. The Kier molecular flexibility index (Phi) is 2.77. The normalized spacial score (nSPS) is 11.8. The maximum atomic E-state index is 12.7. The summed E-state index contributed by atoms with van der Waals surface area (Å²) < 4.78 is 38.4. The second-order valence-electron chi connectivity index (χ2n) is 3.77. The van der Waals surface area contributed by atoms with Crippen molar-refractivity contribution in [2.45, 2.75) is 6.18 Å². The van der Waals surface area contributed by atoms with Crippen molar-refractivity contribution in [1.29, 1.82) is 0 Å². The smallest absolute Gasteiger partial charge is 0.336 e. The van der Waals surface area contributed by atoms with E-state index in [1.54, 1.807) is 0 Å². The number of aromatic nitrogens is 2. The van der Waals surface area contributed by atoms with Crippen LogP contribution in [-0.4, -0.2) is 14.6 Å². The number of hydrogen-bond donors (Lipinski definition) is 2. The van der Waals surface area contributed by atoms with Gasteiger partial charge >= 0.3 is 17.3 Å². The van der Waals surface area contributed by atoms with Crippen LogP contribution in [0.25, 0.3) is 11.0 Å². The van der Waals surface area contributed by atoms with Crippen LogP contribution in [0.15, 0.2) is 21.7 Å². The molecule has 0 aliphatic heterocycles. The van der Waals surface area contributed by atoms with E-state index in [0.717, 1.165) is 0 Å². The van der Waals surface area contributed by atoms with Crippen molar-refractivity contribution in [3.05, 3.63) is 48.5 Å². The van der Waals surface area contributed by atoms with Crippen LogP contribution in [0.4, 0.5) is 18.9 Å². The molecule has 0 saturated heterocycles. The lowest BCUT2D eigenvalue weighted by Crippen LogP contribution is -2.40. The van der Waals surface area contributed by atoms with Crippen LogP contribution in [0.5, 0.6) is 0 Å². The van der Waals surface area contributed by atoms with E-state index in [0.29, 0.717) is 12.1 Å². The molecule has 2 aromatic rings. The van der Waals surface area contributed by atoms with E-state index >= 15 is 0 Å². The fourth-order valence-electron chi connectivity index (χ4n) is 1.65. The first-order chi connectivity index (χ1) is 9.12. The van der Waals surface area contributed by atoms with Crippen LogP contribution in [0, 0.1) is 10.1 Å². The Balaban J connectivity index is 3.01. The number of benzene rings is 1. The minimum atomic E-state index is -5.00. The monoisotopic (exact) mass is 290 g/mol. The third kappa shape index (κ3) is 1.98. The van der Waals surface area contributed by atoms with Gasteiger partial charge in [-0.2, -0.15) is 13.2 Å². The first-order valence-corrected chi connectivity index (χ1v) is 4.92. The Morgan fingerprint density at radius 3 is 2.40 bits per heavy atom. The molecule has 0 aliphatic carbocycles. The Morgan fingerprint density at radius 1 is 1.30 bits per heavy atom. The van der Waals surface area contributed by atoms with Crippen molar-refractivity contribution >= 4 is 16.7 Å². The maximum Gasteiger partial charge on any atom is 0.423 e. The van der Waals surface area contributed by atoms with E-state index in [9.17, 15) is 32.9 Å². The molecular weight excluding hydrogens is 285 g/mol. The van der Waals surface area contributed by atoms with Gasteiger partial charge in [-0.05, 0) is 6.07 Å². The molecular formula is C9H5F3N4O4.